The maximum Gasteiger partial charge on any atom is 0.165 e. The fourth-order valence-corrected chi connectivity index (χ4v) is 3.37. The standard InChI is InChI=1S/C19H26N2O3/c1-13(2)15-11-18(24-20-15)16-8-6-10-21(16)12-14-7-5-9-17(22-3)19(14)23-4/h5,7,9,11,13,16H,6,8,10,12H2,1-4H3/t16-/m0/s1. The Balaban J connectivity index is 1.81. The Labute approximate surface area is 143 Å². The molecule has 0 bridgehead atoms. The molecule has 1 aromatic carbocycles. The summed E-state index contributed by atoms with van der Waals surface area (Å²) < 4.78 is 16.6. The monoisotopic (exact) mass is 330 g/mol. The van der Waals surface area contributed by atoms with Gasteiger partial charge in [-0.2, -0.15) is 0 Å². The van der Waals surface area contributed by atoms with Gasteiger partial charge in [0.05, 0.1) is 26.0 Å². The minimum absolute atomic E-state index is 0.279. The number of aromatic nitrogens is 1. The Hall–Kier alpha value is -2.01. The van der Waals surface area contributed by atoms with E-state index in [1.54, 1.807) is 14.2 Å². The molecule has 0 saturated carbocycles. The van der Waals surface area contributed by atoms with E-state index in [9.17, 15) is 0 Å². The van der Waals surface area contributed by atoms with Crippen molar-refractivity contribution in [1.29, 1.82) is 0 Å². The number of hydrogen-bond donors (Lipinski definition) is 0. The summed E-state index contributed by atoms with van der Waals surface area (Å²) in [4.78, 5) is 2.43. The van der Waals surface area contributed by atoms with Crippen LogP contribution in [-0.4, -0.2) is 30.8 Å². The zero-order valence-electron chi connectivity index (χ0n) is 14.9. The highest BCUT2D eigenvalue weighted by molar-refractivity contribution is 5.46. The Morgan fingerprint density at radius 2 is 2.12 bits per heavy atom. The van der Waals surface area contributed by atoms with Crippen LogP contribution in [0.15, 0.2) is 28.8 Å². The average Bonchev–Trinajstić information content (AvgIpc) is 3.23. The second-order valence-electron chi connectivity index (χ2n) is 6.59. The maximum absolute atomic E-state index is 5.63. The summed E-state index contributed by atoms with van der Waals surface area (Å²) >= 11 is 0. The van der Waals surface area contributed by atoms with Crippen LogP contribution in [0.25, 0.3) is 0 Å². The summed E-state index contributed by atoms with van der Waals surface area (Å²) in [6.45, 7) is 6.12. The van der Waals surface area contributed by atoms with Crippen molar-refractivity contribution in [1.82, 2.24) is 10.1 Å². The van der Waals surface area contributed by atoms with Gasteiger partial charge in [-0.05, 0) is 31.4 Å². The van der Waals surface area contributed by atoms with Crippen LogP contribution in [0.5, 0.6) is 11.5 Å². The van der Waals surface area contributed by atoms with Crippen molar-refractivity contribution in [3.05, 3.63) is 41.3 Å². The van der Waals surface area contributed by atoms with Gasteiger partial charge in [0, 0.05) is 18.2 Å². The van der Waals surface area contributed by atoms with Gasteiger partial charge < -0.3 is 14.0 Å². The second kappa shape index (κ2) is 7.26. The first-order valence-corrected chi connectivity index (χ1v) is 8.54. The Kier molecular flexibility index (Phi) is 5.09. The van der Waals surface area contributed by atoms with E-state index in [0.717, 1.165) is 54.4 Å². The molecule has 3 rings (SSSR count). The highest BCUT2D eigenvalue weighted by Crippen LogP contribution is 2.37. The summed E-state index contributed by atoms with van der Waals surface area (Å²) in [7, 11) is 3.36. The third kappa shape index (κ3) is 3.26. The molecule has 1 aliphatic heterocycles. The normalized spacial score (nSPS) is 18.3. The Bertz CT molecular complexity index is 681. The highest BCUT2D eigenvalue weighted by atomic mass is 16.5. The third-order valence-electron chi connectivity index (χ3n) is 4.69. The summed E-state index contributed by atoms with van der Waals surface area (Å²) in [6.07, 6.45) is 2.26. The van der Waals surface area contributed by atoms with Gasteiger partial charge in [-0.1, -0.05) is 31.1 Å². The fraction of sp³-hybridized carbons (Fsp3) is 0.526. The topological polar surface area (TPSA) is 47.7 Å². The zero-order chi connectivity index (χ0) is 17.1. The molecule has 1 aliphatic rings. The van der Waals surface area contributed by atoms with Gasteiger partial charge in [-0.15, -0.1) is 0 Å². The van der Waals surface area contributed by atoms with Crippen molar-refractivity contribution >= 4 is 0 Å². The molecule has 1 atom stereocenters. The molecule has 1 fully saturated rings. The first-order valence-electron chi connectivity index (χ1n) is 8.54. The lowest BCUT2D eigenvalue weighted by Gasteiger charge is -2.23. The van der Waals surface area contributed by atoms with E-state index in [1.165, 1.54) is 0 Å². The van der Waals surface area contributed by atoms with Crippen molar-refractivity contribution in [3.63, 3.8) is 0 Å². The van der Waals surface area contributed by atoms with E-state index in [1.807, 2.05) is 12.1 Å². The Morgan fingerprint density at radius 1 is 1.29 bits per heavy atom. The third-order valence-corrected chi connectivity index (χ3v) is 4.69. The molecule has 1 aromatic heterocycles. The van der Waals surface area contributed by atoms with E-state index in [-0.39, 0.29) is 6.04 Å². The molecule has 0 radical (unpaired) electrons. The minimum Gasteiger partial charge on any atom is -0.493 e. The quantitative estimate of drug-likeness (QED) is 0.796. The predicted molar refractivity (Wildman–Crippen MR) is 92.5 cm³/mol. The van der Waals surface area contributed by atoms with Crippen LogP contribution in [0, 0.1) is 0 Å². The first-order chi connectivity index (χ1) is 11.6. The van der Waals surface area contributed by atoms with E-state index in [0.29, 0.717) is 5.92 Å². The van der Waals surface area contributed by atoms with Crippen molar-refractivity contribution in [2.45, 2.75) is 45.2 Å². The van der Waals surface area contributed by atoms with Crippen molar-refractivity contribution in [2.24, 2.45) is 0 Å². The lowest BCUT2D eigenvalue weighted by Crippen LogP contribution is -2.22. The summed E-state index contributed by atoms with van der Waals surface area (Å²) in [5.41, 5.74) is 2.16. The minimum atomic E-state index is 0.279. The van der Waals surface area contributed by atoms with Crippen molar-refractivity contribution < 1.29 is 14.0 Å². The van der Waals surface area contributed by atoms with Gasteiger partial charge in [-0.25, -0.2) is 0 Å². The predicted octanol–water partition coefficient (Wildman–Crippen LogP) is 4.15. The number of rotatable bonds is 6. The van der Waals surface area contributed by atoms with Gasteiger partial charge in [-0.3, -0.25) is 4.90 Å². The molecule has 1 saturated heterocycles. The summed E-state index contributed by atoms with van der Waals surface area (Å²) in [5.74, 6) is 2.94. The average molecular weight is 330 g/mol. The van der Waals surface area contributed by atoms with E-state index >= 15 is 0 Å². The molecular formula is C19H26N2O3. The molecule has 5 heteroatoms. The molecule has 0 aliphatic carbocycles. The van der Waals surface area contributed by atoms with Crippen molar-refractivity contribution in [2.75, 3.05) is 20.8 Å². The van der Waals surface area contributed by atoms with Gasteiger partial charge in [0.2, 0.25) is 0 Å². The molecule has 0 unspecified atom stereocenters. The number of benzene rings is 1. The van der Waals surface area contributed by atoms with E-state index in [4.69, 9.17) is 14.0 Å². The number of para-hydroxylation sites is 1. The van der Waals surface area contributed by atoms with Crippen LogP contribution in [0.2, 0.25) is 0 Å². The number of likely N-dealkylation sites (tertiary alicyclic amines) is 1. The second-order valence-corrected chi connectivity index (χ2v) is 6.59. The van der Waals surface area contributed by atoms with E-state index < -0.39 is 0 Å². The smallest absolute Gasteiger partial charge is 0.165 e. The number of nitrogens with zero attached hydrogens (tertiary/aromatic N) is 2. The number of ether oxygens (including phenoxy) is 2. The SMILES string of the molecule is COc1cccc(CN2CCC[C@H]2c2cc(C(C)C)no2)c1OC. The Morgan fingerprint density at radius 3 is 2.79 bits per heavy atom. The number of methoxy groups -OCH3 is 2. The lowest BCUT2D eigenvalue weighted by atomic mass is 10.1. The fourth-order valence-electron chi connectivity index (χ4n) is 3.37. The van der Waals surface area contributed by atoms with Gasteiger partial charge in [0.1, 0.15) is 0 Å². The van der Waals surface area contributed by atoms with E-state index in [2.05, 4.69) is 36.0 Å². The molecule has 24 heavy (non-hydrogen) atoms. The largest absolute Gasteiger partial charge is 0.493 e. The molecule has 0 spiro atoms. The molecule has 130 valence electrons. The van der Waals surface area contributed by atoms with Gasteiger partial charge >= 0.3 is 0 Å². The van der Waals surface area contributed by atoms with Crippen LogP contribution < -0.4 is 9.47 Å². The van der Waals surface area contributed by atoms with Gasteiger partial charge in [0.15, 0.2) is 17.3 Å². The molecular weight excluding hydrogens is 304 g/mol. The molecule has 5 nitrogen and oxygen atoms in total. The zero-order valence-corrected chi connectivity index (χ0v) is 14.9. The van der Waals surface area contributed by atoms with Crippen LogP contribution in [0.1, 0.15) is 55.7 Å². The molecule has 2 heterocycles. The summed E-state index contributed by atoms with van der Waals surface area (Å²) in [5, 5.41) is 4.22. The van der Waals surface area contributed by atoms with Crippen LogP contribution in [-0.2, 0) is 6.54 Å². The molecule has 0 amide bonds. The summed E-state index contributed by atoms with van der Waals surface area (Å²) in [6, 6.07) is 8.41. The maximum atomic E-state index is 5.63. The van der Waals surface area contributed by atoms with Crippen LogP contribution in [0.4, 0.5) is 0 Å². The van der Waals surface area contributed by atoms with Gasteiger partial charge in [0.25, 0.3) is 0 Å². The molecule has 2 aromatic rings. The van der Waals surface area contributed by atoms with Crippen LogP contribution >= 0.6 is 0 Å². The lowest BCUT2D eigenvalue weighted by molar-refractivity contribution is 0.203. The molecule has 0 N–H and O–H groups in total. The number of hydrogen-bond acceptors (Lipinski definition) is 5. The van der Waals surface area contributed by atoms with Crippen molar-refractivity contribution in [3.8, 4) is 11.5 Å². The first kappa shape index (κ1) is 16.8. The van der Waals surface area contributed by atoms with Crippen LogP contribution in [0.3, 0.4) is 0 Å². The highest BCUT2D eigenvalue weighted by Gasteiger charge is 2.30.